The molecule has 2 rings (SSSR count). The Bertz CT molecular complexity index is 863. The van der Waals surface area contributed by atoms with Gasteiger partial charge in [0.15, 0.2) is 19.0 Å². The van der Waals surface area contributed by atoms with Gasteiger partial charge in [0.1, 0.15) is 5.75 Å². The van der Waals surface area contributed by atoms with Crippen molar-refractivity contribution in [3.63, 3.8) is 0 Å². The van der Waals surface area contributed by atoms with Crippen LogP contribution in [0.3, 0.4) is 0 Å². The van der Waals surface area contributed by atoms with E-state index in [-0.39, 0.29) is 11.5 Å². The predicted octanol–water partition coefficient (Wildman–Crippen LogP) is 3.47. The van der Waals surface area contributed by atoms with Crippen LogP contribution < -0.4 is 10.1 Å². The van der Waals surface area contributed by atoms with Gasteiger partial charge in [-0.3, -0.25) is 9.59 Å². The van der Waals surface area contributed by atoms with Gasteiger partial charge in [-0.1, -0.05) is 12.1 Å². The summed E-state index contributed by atoms with van der Waals surface area (Å²) in [7, 11) is 0. The number of rotatable bonds is 7. The number of carbonyl (C=O) groups excluding carboxylic acids is 3. The van der Waals surface area contributed by atoms with Crippen LogP contribution >= 0.6 is 0 Å². The van der Waals surface area contributed by atoms with Gasteiger partial charge in [0, 0.05) is 11.3 Å². The van der Waals surface area contributed by atoms with Crippen molar-refractivity contribution in [2.24, 2.45) is 0 Å². The molecule has 9 heteroatoms. The molecule has 1 N–H and O–H groups in total. The lowest BCUT2D eigenvalue weighted by Gasteiger charge is -2.10. The van der Waals surface area contributed by atoms with Gasteiger partial charge in [0.05, 0.1) is 5.56 Å². The molecule has 0 fully saturated rings. The van der Waals surface area contributed by atoms with Crippen molar-refractivity contribution in [3.8, 4) is 5.75 Å². The minimum atomic E-state index is -4.47. The molecule has 1 amide bonds. The molecular formula is C19H16F3NO5. The second kappa shape index (κ2) is 9.03. The van der Waals surface area contributed by atoms with E-state index in [4.69, 9.17) is 9.47 Å². The molecule has 0 unspecified atom stereocenters. The van der Waals surface area contributed by atoms with Gasteiger partial charge in [0.25, 0.3) is 5.91 Å². The van der Waals surface area contributed by atoms with E-state index in [1.165, 1.54) is 13.0 Å². The first-order valence-corrected chi connectivity index (χ1v) is 8.01. The summed E-state index contributed by atoms with van der Waals surface area (Å²) in [6, 6.07) is 10.0. The molecular weight excluding hydrogens is 379 g/mol. The van der Waals surface area contributed by atoms with E-state index in [1.54, 1.807) is 18.2 Å². The topological polar surface area (TPSA) is 81.7 Å². The van der Waals surface area contributed by atoms with E-state index in [2.05, 4.69) is 5.32 Å². The molecule has 2 aromatic rings. The third kappa shape index (κ3) is 6.42. The zero-order valence-corrected chi connectivity index (χ0v) is 14.7. The Balaban J connectivity index is 1.77. The van der Waals surface area contributed by atoms with Crippen LogP contribution in [0, 0.1) is 0 Å². The summed E-state index contributed by atoms with van der Waals surface area (Å²) in [6.45, 7) is 0.286. The van der Waals surface area contributed by atoms with Crippen LogP contribution in [0.4, 0.5) is 18.9 Å². The van der Waals surface area contributed by atoms with Crippen molar-refractivity contribution < 1.29 is 37.0 Å². The lowest BCUT2D eigenvalue weighted by atomic mass is 10.1. The highest BCUT2D eigenvalue weighted by Crippen LogP contribution is 2.29. The Morgan fingerprint density at radius 3 is 2.29 bits per heavy atom. The van der Waals surface area contributed by atoms with Gasteiger partial charge in [0.2, 0.25) is 0 Å². The quantitative estimate of drug-likeness (QED) is 0.574. The fourth-order valence-corrected chi connectivity index (χ4v) is 2.07. The number of ether oxygens (including phenoxy) is 2. The molecule has 0 spiro atoms. The summed E-state index contributed by atoms with van der Waals surface area (Å²) < 4.78 is 47.3. The first kappa shape index (κ1) is 20.9. The second-order valence-corrected chi connectivity index (χ2v) is 5.66. The molecule has 6 nitrogen and oxygen atoms in total. The monoisotopic (exact) mass is 395 g/mol. The summed E-state index contributed by atoms with van der Waals surface area (Å²) >= 11 is 0. The predicted molar refractivity (Wildman–Crippen MR) is 93.0 cm³/mol. The number of amides is 1. The fourth-order valence-electron chi connectivity index (χ4n) is 2.07. The molecule has 0 heterocycles. The first-order valence-electron chi connectivity index (χ1n) is 8.01. The van der Waals surface area contributed by atoms with Gasteiger partial charge >= 0.3 is 12.1 Å². The number of anilines is 1. The summed E-state index contributed by atoms with van der Waals surface area (Å²) in [5.41, 5.74) is -0.295. The maximum Gasteiger partial charge on any atom is 0.416 e. The number of benzene rings is 2. The standard InChI is InChI=1S/C19H16F3NO5/c1-12(24)13-3-2-4-16(9-13)27-11-18(26)28-10-17(25)23-15-7-5-14(6-8-15)19(20,21)22/h2-9H,10-11H2,1H3,(H,23,25). The molecule has 0 aliphatic carbocycles. The summed E-state index contributed by atoms with van der Waals surface area (Å²) in [4.78, 5) is 34.6. The molecule has 148 valence electrons. The molecule has 0 atom stereocenters. The highest BCUT2D eigenvalue weighted by molar-refractivity contribution is 5.94. The molecule has 0 aliphatic rings. The molecule has 0 bridgehead atoms. The largest absolute Gasteiger partial charge is 0.482 e. The Hall–Kier alpha value is -3.36. The third-order valence-corrected chi connectivity index (χ3v) is 3.46. The molecule has 0 saturated heterocycles. The van der Waals surface area contributed by atoms with E-state index in [1.807, 2.05) is 0 Å². The van der Waals surface area contributed by atoms with Crippen molar-refractivity contribution in [2.75, 3.05) is 18.5 Å². The maximum atomic E-state index is 12.5. The number of halogens is 3. The molecule has 2 aromatic carbocycles. The summed E-state index contributed by atoms with van der Waals surface area (Å²) in [6.07, 6.45) is -4.47. The van der Waals surface area contributed by atoms with E-state index < -0.39 is 36.8 Å². The van der Waals surface area contributed by atoms with Crippen LogP contribution in [-0.2, 0) is 20.5 Å². The average molecular weight is 395 g/mol. The lowest BCUT2D eigenvalue weighted by Crippen LogP contribution is -2.23. The number of alkyl halides is 3. The number of hydrogen-bond donors (Lipinski definition) is 1. The van der Waals surface area contributed by atoms with Crippen LogP contribution in [0.15, 0.2) is 48.5 Å². The van der Waals surface area contributed by atoms with Gasteiger partial charge in [-0.2, -0.15) is 13.2 Å². The number of ketones is 1. The zero-order valence-electron chi connectivity index (χ0n) is 14.7. The lowest BCUT2D eigenvalue weighted by molar-refractivity contribution is -0.149. The number of nitrogens with one attached hydrogen (secondary N) is 1. The highest BCUT2D eigenvalue weighted by atomic mass is 19.4. The number of hydrogen-bond acceptors (Lipinski definition) is 5. The van der Waals surface area contributed by atoms with E-state index in [0.717, 1.165) is 24.3 Å². The molecule has 28 heavy (non-hydrogen) atoms. The number of Topliss-reactive ketones (excluding diaryl/α,β-unsaturated/α-hetero) is 1. The van der Waals surface area contributed by atoms with Crippen molar-refractivity contribution >= 4 is 23.3 Å². The zero-order chi connectivity index (χ0) is 20.7. The van der Waals surface area contributed by atoms with Crippen molar-refractivity contribution in [1.82, 2.24) is 0 Å². The van der Waals surface area contributed by atoms with Gasteiger partial charge in [-0.15, -0.1) is 0 Å². The van der Waals surface area contributed by atoms with Crippen LogP contribution in [0.5, 0.6) is 5.75 Å². The Morgan fingerprint density at radius 1 is 1.00 bits per heavy atom. The Morgan fingerprint density at radius 2 is 1.68 bits per heavy atom. The SMILES string of the molecule is CC(=O)c1cccc(OCC(=O)OCC(=O)Nc2ccc(C(F)(F)F)cc2)c1. The summed E-state index contributed by atoms with van der Waals surface area (Å²) in [5, 5.41) is 2.31. The van der Waals surface area contributed by atoms with Crippen LogP contribution in [0.25, 0.3) is 0 Å². The van der Waals surface area contributed by atoms with Crippen molar-refractivity contribution in [3.05, 3.63) is 59.7 Å². The minimum Gasteiger partial charge on any atom is -0.482 e. The van der Waals surface area contributed by atoms with E-state index in [0.29, 0.717) is 11.3 Å². The van der Waals surface area contributed by atoms with Crippen LogP contribution in [0.2, 0.25) is 0 Å². The highest BCUT2D eigenvalue weighted by Gasteiger charge is 2.30. The Labute approximate surface area is 158 Å². The third-order valence-electron chi connectivity index (χ3n) is 3.46. The average Bonchev–Trinajstić information content (AvgIpc) is 2.64. The van der Waals surface area contributed by atoms with Crippen LogP contribution in [0.1, 0.15) is 22.8 Å². The molecule has 0 saturated carbocycles. The molecule has 0 aliphatic heterocycles. The van der Waals surface area contributed by atoms with Gasteiger partial charge < -0.3 is 14.8 Å². The van der Waals surface area contributed by atoms with Gasteiger partial charge in [-0.25, -0.2) is 4.79 Å². The molecule has 0 radical (unpaired) electrons. The minimum absolute atomic E-state index is 0.131. The molecule has 0 aromatic heterocycles. The second-order valence-electron chi connectivity index (χ2n) is 5.66. The maximum absolute atomic E-state index is 12.5. The van der Waals surface area contributed by atoms with Gasteiger partial charge in [-0.05, 0) is 43.3 Å². The number of esters is 1. The van der Waals surface area contributed by atoms with Crippen molar-refractivity contribution in [1.29, 1.82) is 0 Å². The number of carbonyl (C=O) groups is 3. The van der Waals surface area contributed by atoms with E-state index >= 15 is 0 Å². The van der Waals surface area contributed by atoms with Crippen LogP contribution in [-0.4, -0.2) is 30.9 Å². The van der Waals surface area contributed by atoms with Crippen molar-refractivity contribution in [2.45, 2.75) is 13.1 Å². The summed E-state index contributed by atoms with van der Waals surface area (Å²) in [5.74, 6) is -1.41. The fraction of sp³-hybridized carbons (Fsp3) is 0.211. The van der Waals surface area contributed by atoms with E-state index in [9.17, 15) is 27.6 Å². The smallest absolute Gasteiger partial charge is 0.416 e. The Kier molecular flexibility index (Phi) is 6.75. The first-order chi connectivity index (χ1) is 13.1. The normalized spacial score (nSPS) is 10.9.